The van der Waals surface area contributed by atoms with Gasteiger partial charge in [-0.2, -0.15) is 0 Å². The summed E-state index contributed by atoms with van der Waals surface area (Å²) < 4.78 is 16.3. The summed E-state index contributed by atoms with van der Waals surface area (Å²) in [6, 6.07) is 7.58. The smallest absolute Gasteiger partial charge is 0.234 e. The van der Waals surface area contributed by atoms with Crippen molar-refractivity contribution in [3.8, 4) is 22.8 Å². The number of aromatic nitrogens is 1. The number of hydrogen-bond donors (Lipinski definition) is 0. The topological polar surface area (TPSA) is 64.8 Å². The number of amides is 1. The Balaban J connectivity index is 1.41. The van der Waals surface area contributed by atoms with E-state index in [9.17, 15) is 4.79 Å². The van der Waals surface area contributed by atoms with Gasteiger partial charge in [-0.3, -0.25) is 4.79 Å². The molecule has 6 heteroatoms. The minimum atomic E-state index is -0.463. The van der Waals surface area contributed by atoms with Gasteiger partial charge in [-0.25, -0.2) is 0 Å². The predicted molar refractivity (Wildman–Crippen MR) is 89.4 cm³/mol. The molecule has 0 atom stereocenters. The number of nitrogens with zero attached hydrogens (tertiary/aromatic N) is 2. The van der Waals surface area contributed by atoms with Gasteiger partial charge in [0.05, 0.1) is 11.1 Å². The van der Waals surface area contributed by atoms with Gasteiger partial charge >= 0.3 is 0 Å². The first kappa shape index (κ1) is 14.8. The Hall–Kier alpha value is -2.50. The molecule has 2 aliphatic heterocycles. The van der Waals surface area contributed by atoms with Crippen LogP contribution in [-0.4, -0.2) is 35.8 Å². The van der Waals surface area contributed by atoms with Gasteiger partial charge in [0.15, 0.2) is 17.3 Å². The van der Waals surface area contributed by atoms with Crippen molar-refractivity contribution in [1.82, 2.24) is 10.1 Å². The van der Waals surface area contributed by atoms with E-state index in [1.165, 1.54) is 6.42 Å². The Morgan fingerprint density at radius 2 is 1.84 bits per heavy atom. The Morgan fingerprint density at radius 3 is 2.64 bits per heavy atom. The lowest BCUT2D eigenvalue weighted by Gasteiger charge is -2.29. The zero-order valence-electron chi connectivity index (χ0n) is 14.0. The first-order chi connectivity index (χ1) is 12.3. The highest BCUT2D eigenvalue weighted by molar-refractivity contribution is 5.91. The van der Waals surface area contributed by atoms with Crippen LogP contribution in [0, 0.1) is 0 Å². The van der Waals surface area contributed by atoms with Gasteiger partial charge in [0, 0.05) is 24.7 Å². The van der Waals surface area contributed by atoms with Crippen LogP contribution < -0.4 is 9.47 Å². The van der Waals surface area contributed by atoms with Crippen molar-refractivity contribution in [2.45, 2.75) is 37.5 Å². The van der Waals surface area contributed by atoms with Gasteiger partial charge in [-0.15, -0.1) is 0 Å². The van der Waals surface area contributed by atoms with Crippen molar-refractivity contribution in [1.29, 1.82) is 0 Å². The molecule has 2 fully saturated rings. The van der Waals surface area contributed by atoms with E-state index in [1.54, 1.807) is 0 Å². The van der Waals surface area contributed by atoms with Gasteiger partial charge in [0.25, 0.3) is 0 Å². The molecule has 1 amide bonds. The minimum Gasteiger partial charge on any atom is -0.454 e. The van der Waals surface area contributed by atoms with Gasteiger partial charge in [-0.05, 0) is 50.3 Å². The molecule has 0 radical (unpaired) electrons. The molecule has 1 saturated heterocycles. The summed E-state index contributed by atoms with van der Waals surface area (Å²) in [5, 5.41) is 4.24. The number of likely N-dealkylation sites (tertiary alicyclic amines) is 1. The van der Waals surface area contributed by atoms with E-state index in [-0.39, 0.29) is 12.7 Å². The van der Waals surface area contributed by atoms with Gasteiger partial charge in [0.1, 0.15) is 0 Å². The summed E-state index contributed by atoms with van der Waals surface area (Å²) in [7, 11) is 0. The summed E-state index contributed by atoms with van der Waals surface area (Å²) >= 11 is 0. The van der Waals surface area contributed by atoms with Crippen LogP contribution in [0.15, 0.2) is 28.8 Å². The van der Waals surface area contributed by atoms with Crippen molar-refractivity contribution in [3.63, 3.8) is 0 Å². The molecule has 130 valence electrons. The predicted octanol–water partition coefficient (Wildman–Crippen LogP) is 3.11. The fraction of sp³-hybridized carbons (Fsp3) is 0.474. The number of carbonyl (C=O) groups excluding carboxylic acids is 1. The molecule has 25 heavy (non-hydrogen) atoms. The second-order valence-electron chi connectivity index (χ2n) is 7.08. The van der Waals surface area contributed by atoms with E-state index in [0.717, 1.165) is 55.8 Å². The number of piperidine rings is 1. The number of fused-ring (bicyclic) bond motifs is 1. The van der Waals surface area contributed by atoms with Crippen LogP contribution >= 0.6 is 0 Å². The fourth-order valence-corrected chi connectivity index (χ4v) is 3.79. The molecule has 1 aliphatic carbocycles. The van der Waals surface area contributed by atoms with Gasteiger partial charge in [-0.1, -0.05) is 5.16 Å². The number of rotatable bonds is 3. The van der Waals surface area contributed by atoms with Crippen LogP contribution in [0.5, 0.6) is 11.5 Å². The van der Waals surface area contributed by atoms with E-state index in [1.807, 2.05) is 29.2 Å². The molecular formula is C19H20N2O4. The molecule has 1 aromatic carbocycles. The molecule has 0 bridgehead atoms. The third-order valence-corrected chi connectivity index (χ3v) is 5.46. The fourth-order valence-electron chi connectivity index (χ4n) is 3.79. The summed E-state index contributed by atoms with van der Waals surface area (Å²) in [4.78, 5) is 15.0. The first-order valence-electron chi connectivity index (χ1n) is 8.93. The highest BCUT2D eigenvalue weighted by Crippen LogP contribution is 2.50. The van der Waals surface area contributed by atoms with Crippen molar-refractivity contribution >= 4 is 5.91 Å². The average Bonchev–Trinajstić information content (AvgIpc) is 3.09. The molecule has 2 aromatic rings. The molecular weight excluding hydrogens is 320 g/mol. The van der Waals surface area contributed by atoms with Crippen molar-refractivity contribution in [2.24, 2.45) is 0 Å². The van der Waals surface area contributed by atoms with Crippen LogP contribution in [-0.2, 0) is 10.2 Å². The van der Waals surface area contributed by atoms with Crippen LogP contribution in [0.1, 0.15) is 37.8 Å². The summed E-state index contributed by atoms with van der Waals surface area (Å²) in [6.45, 7) is 1.98. The van der Waals surface area contributed by atoms with E-state index in [0.29, 0.717) is 11.5 Å². The number of carbonyl (C=O) groups is 1. The van der Waals surface area contributed by atoms with Crippen molar-refractivity contribution in [3.05, 3.63) is 30.0 Å². The Morgan fingerprint density at radius 1 is 1.04 bits per heavy atom. The maximum Gasteiger partial charge on any atom is 0.234 e. The minimum absolute atomic E-state index is 0.220. The van der Waals surface area contributed by atoms with E-state index in [2.05, 4.69) is 5.16 Å². The quantitative estimate of drug-likeness (QED) is 0.859. The van der Waals surface area contributed by atoms with Crippen LogP contribution in [0.25, 0.3) is 11.3 Å². The normalized spacial score (nSPS) is 20.6. The van der Waals surface area contributed by atoms with Crippen molar-refractivity contribution < 1.29 is 18.8 Å². The van der Waals surface area contributed by atoms with E-state index >= 15 is 0 Å². The highest BCUT2D eigenvalue weighted by atomic mass is 16.7. The Kier molecular flexibility index (Phi) is 3.26. The molecule has 0 N–H and O–H groups in total. The second-order valence-corrected chi connectivity index (χ2v) is 7.08. The first-order valence-corrected chi connectivity index (χ1v) is 8.93. The molecule has 1 saturated carbocycles. The third-order valence-electron chi connectivity index (χ3n) is 5.46. The number of ether oxygens (including phenoxy) is 2. The molecule has 1 aromatic heterocycles. The molecule has 0 unspecified atom stereocenters. The van der Waals surface area contributed by atoms with E-state index in [4.69, 9.17) is 14.0 Å². The largest absolute Gasteiger partial charge is 0.454 e. The third kappa shape index (κ3) is 2.39. The lowest BCUT2D eigenvalue weighted by atomic mass is 9.98. The standard InChI is InChI=1S/C19H20N2O4/c22-18(21-8-2-1-3-9-21)19(6-7-19)17-11-15(25-20-17)13-4-5-14-16(10-13)24-12-23-14/h4-5,10-11H,1-3,6-9,12H2. The van der Waals surface area contributed by atoms with Crippen LogP contribution in [0.2, 0.25) is 0 Å². The molecule has 5 rings (SSSR count). The lowest BCUT2D eigenvalue weighted by Crippen LogP contribution is -2.42. The highest BCUT2D eigenvalue weighted by Gasteiger charge is 2.55. The molecule has 6 nitrogen and oxygen atoms in total. The molecule has 3 aliphatic rings. The summed E-state index contributed by atoms with van der Waals surface area (Å²) in [5.41, 5.74) is 1.18. The second kappa shape index (κ2) is 5.51. The van der Waals surface area contributed by atoms with Crippen LogP contribution in [0.4, 0.5) is 0 Å². The van der Waals surface area contributed by atoms with Crippen LogP contribution in [0.3, 0.4) is 0 Å². The van der Waals surface area contributed by atoms with Gasteiger partial charge in [0.2, 0.25) is 12.7 Å². The summed E-state index contributed by atoms with van der Waals surface area (Å²) in [5.74, 6) is 2.33. The lowest BCUT2D eigenvalue weighted by molar-refractivity contribution is -0.135. The number of hydrogen-bond acceptors (Lipinski definition) is 5. The Bertz CT molecular complexity index is 819. The maximum absolute atomic E-state index is 13.0. The summed E-state index contributed by atoms with van der Waals surface area (Å²) in [6.07, 6.45) is 5.13. The van der Waals surface area contributed by atoms with Crippen molar-refractivity contribution in [2.75, 3.05) is 19.9 Å². The van der Waals surface area contributed by atoms with Gasteiger partial charge < -0.3 is 18.9 Å². The number of benzene rings is 1. The monoisotopic (exact) mass is 340 g/mol. The average molecular weight is 340 g/mol. The molecule has 0 spiro atoms. The molecule has 3 heterocycles. The SMILES string of the molecule is O=C(N1CCCCC1)C1(c2cc(-c3ccc4c(c3)OCO4)on2)CC1. The Labute approximate surface area is 145 Å². The zero-order chi connectivity index (χ0) is 16.9. The maximum atomic E-state index is 13.0. The van der Waals surface area contributed by atoms with E-state index < -0.39 is 5.41 Å². The zero-order valence-corrected chi connectivity index (χ0v) is 14.0.